The van der Waals surface area contributed by atoms with Crippen molar-refractivity contribution in [3.63, 3.8) is 0 Å². The lowest BCUT2D eigenvalue weighted by Gasteiger charge is -2.41. The molecule has 0 spiro atoms. The largest absolute Gasteiger partial charge is 0.496 e. The van der Waals surface area contributed by atoms with Gasteiger partial charge in [0.15, 0.2) is 0 Å². The molecule has 1 saturated heterocycles. The van der Waals surface area contributed by atoms with Crippen LogP contribution in [-0.2, 0) is 6.54 Å². The van der Waals surface area contributed by atoms with E-state index in [0.717, 1.165) is 50.8 Å². The Bertz CT molecular complexity index is 499. The van der Waals surface area contributed by atoms with E-state index in [9.17, 15) is 0 Å². The van der Waals surface area contributed by atoms with E-state index in [4.69, 9.17) is 9.47 Å². The van der Waals surface area contributed by atoms with Gasteiger partial charge in [0.25, 0.3) is 0 Å². The molecule has 21 heavy (non-hydrogen) atoms. The minimum Gasteiger partial charge on any atom is -0.496 e. The molecule has 1 atom stereocenters. The lowest BCUT2D eigenvalue weighted by molar-refractivity contribution is 0.104. The molecule has 2 heterocycles. The second-order valence-corrected chi connectivity index (χ2v) is 5.85. The average molecular weight is 291 g/mol. The number of methoxy groups -OCH3 is 2. The fourth-order valence-corrected chi connectivity index (χ4v) is 3.42. The lowest BCUT2D eigenvalue weighted by Crippen LogP contribution is -2.49. The topological polar surface area (TPSA) is 37.0 Å². The third-order valence-corrected chi connectivity index (χ3v) is 4.67. The third kappa shape index (κ3) is 2.73. The monoisotopic (exact) mass is 291 g/mol. The van der Waals surface area contributed by atoms with Crippen molar-refractivity contribution >= 4 is 0 Å². The summed E-state index contributed by atoms with van der Waals surface area (Å²) in [6, 6.07) is 4.41. The molecule has 2 aliphatic rings. The molecule has 0 bridgehead atoms. The molecule has 116 valence electrons. The number of rotatable bonds is 3. The van der Waals surface area contributed by atoms with Crippen LogP contribution in [0.2, 0.25) is 0 Å². The molecule has 0 aromatic heterocycles. The van der Waals surface area contributed by atoms with Gasteiger partial charge in [0.2, 0.25) is 0 Å². The highest BCUT2D eigenvalue weighted by atomic mass is 16.5. The summed E-state index contributed by atoms with van der Waals surface area (Å²) in [5.41, 5.74) is 2.55. The number of fused-ring (bicyclic) bond motifs is 1. The van der Waals surface area contributed by atoms with Crippen LogP contribution in [0.5, 0.6) is 11.5 Å². The smallest absolute Gasteiger partial charge is 0.124 e. The van der Waals surface area contributed by atoms with Crippen LogP contribution in [0.1, 0.15) is 17.2 Å². The number of likely N-dealkylation sites (N-methyl/N-ethyl adjacent to an activating group) is 1. The summed E-state index contributed by atoms with van der Waals surface area (Å²) in [7, 11) is 5.68. The summed E-state index contributed by atoms with van der Waals surface area (Å²) in [6.07, 6.45) is 0. The Hall–Kier alpha value is -1.30. The fraction of sp³-hybridized carbons (Fsp3) is 0.625. The van der Waals surface area contributed by atoms with Crippen LogP contribution in [0.3, 0.4) is 0 Å². The lowest BCUT2D eigenvalue weighted by atomic mass is 9.93. The Morgan fingerprint density at radius 2 is 1.71 bits per heavy atom. The Labute approximate surface area is 126 Å². The molecule has 0 saturated carbocycles. The van der Waals surface area contributed by atoms with Crippen molar-refractivity contribution in [2.24, 2.45) is 0 Å². The van der Waals surface area contributed by atoms with Gasteiger partial charge in [0.05, 0.1) is 20.3 Å². The van der Waals surface area contributed by atoms with Crippen molar-refractivity contribution < 1.29 is 9.47 Å². The predicted octanol–water partition coefficient (Wildman–Crippen LogP) is 1.10. The summed E-state index contributed by atoms with van der Waals surface area (Å²) in [5.74, 6) is 1.94. The Morgan fingerprint density at radius 1 is 1.05 bits per heavy atom. The number of piperazine rings is 1. The molecule has 2 aliphatic heterocycles. The number of nitrogens with one attached hydrogen (secondary N) is 1. The molecule has 0 aliphatic carbocycles. The van der Waals surface area contributed by atoms with Gasteiger partial charge in [-0.25, -0.2) is 0 Å². The van der Waals surface area contributed by atoms with Crippen molar-refractivity contribution in [1.29, 1.82) is 0 Å². The van der Waals surface area contributed by atoms with E-state index in [1.54, 1.807) is 14.2 Å². The maximum atomic E-state index is 5.63. The molecule has 1 aromatic carbocycles. The number of nitrogens with zero attached hydrogens (tertiary/aromatic N) is 2. The van der Waals surface area contributed by atoms with Gasteiger partial charge >= 0.3 is 0 Å². The van der Waals surface area contributed by atoms with Gasteiger partial charge in [-0.2, -0.15) is 0 Å². The summed E-state index contributed by atoms with van der Waals surface area (Å²) < 4.78 is 11.2. The molecule has 1 N–H and O–H groups in total. The zero-order valence-electron chi connectivity index (χ0n) is 13.2. The predicted molar refractivity (Wildman–Crippen MR) is 83.1 cm³/mol. The molecular weight excluding hydrogens is 266 g/mol. The average Bonchev–Trinajstić information content (AvgIpc) is 2.54. The molecule has 0 amide bonds. The molecule has 1 fully saturated rings. The highest BCUT2D eigenvalue weighted by Crippen LogP contribution is 2.39. The minimum atomic E-state index is 0.368. The highest BCUT2D eigenvalue weighted by Gasteiger charge is 2.32. The molecule has 1 aromatic rings. The number of hydrogen-bond donors (Lipinski definition) is 1. The molecule has 5 nitrogen and oxygen atoms in total. The second-order valence-electron chi connectivity index (χ2n) is 5.85. The van der Waals surface area contributed by atoms with Gasteiger partial charge in [-0.15, -0.1) is 0 Å². The first-order valence-corrected chi connectivity index (χ1v) is 7.61. The number of benzene rings is 1. The summed E-state index contributed by atoms with van der Waals surface area (Å²) >= 11 is 0. The van der Waals surface area contributed by atoms with E-state index in [-0.39, 0.29) is 0 Å². The summed E-state index contributed by atoms with van der Waals surface area (Å²) in [5, 5.41) is 3.53. The van der Waals surface area contributed by atoms with Crippen LogP contribution >= 0.6 is 0 Å². The first kappa shape index (κ1) is 14.6. The quantitative estimate of drug-likeness (QED) is 0.902. The number of hydrogen-bond acceptors (Lipinski definition) is 5. The van der Waals surface area contributed by atoms with E-state index in [2.05, 4.69) is 22.2 Å². The van der Waals surface area contributed by atoms with Crippen molar-refractivity contribution in [2.45, 2.75) is 12.6 Å². The van der Waals surface area contributed by atoms with Gasteiger partial charge < -0.3 is 19.7 Å². The summed E-state index contributed by atoms with van der Waals surface area (Å²) in [4.78, 5) is 4.95. The molecule has 5 heteroatoms. The van der Waals surface area contributed by atoms with Crippen LogP contribution in [0.15, 0.2) is 12.1 Å². The van der Waals surface area contributed by atoms with Crippen LogP contribution < -0.4 is 14.8 Å². The van der Waals surface area contributed by atoms with Crippen molar-refractivity contribution in [2.75, 3.05) is 54.0 Å². The second kappa shape index (κ2) is 6.22. The maximum absolute atomic E-state index is 5.63. The van der Waals surface area contributed by atoms with Gasteiger partial charge in [0.1, 0.15) is 11.5 Å². The van der Waals surface area contributed by atoms with Crippen molar-refractivity contribution in [1.82, 2.24) is 15.1 Å². The van der Waals surface area contributed by atoms with Gasteiger partial charge in [-0.3, -0.25) is 4.90 Å². The van der Waals surface area contributed by atoms with E-state index in [1.165, 1.54) is 11.1 Å². The van der Waals surface area contributed by atoms with Crippen molar-refractivity contribution in [3.8, 4) is 11.5 Å². The summed E-state index contributed by atoms with van der Waals surface area (Å²) in [6.45, 7) is 6.27. The van der Waals surface area contributed by atoms with Crippen LogP contribution in [0.25, 0.3) is 0 Å². The van der Waals surface area contributed by atoms with Crippen LogP contribution in [0.4, 0.5) is 0 Å². The fourth-order valence-electron chi connectivity index (χ4n) is 3.42. The normalized spacial score (nSPS) is 23.7. The van der Waals surface area contributed by atoms with Gasteiger partial charge in [-0.1, -0.05) is 0 Å². The van der Waals surface area contributed by atoms with E-state index < -0.39 is 0 Å². The first-order valence-electron chi connectivity index (χ1n) is 7.61. The third-order valence-electron chi connectivity index (χ3n) is 4.67. The Morgan fingerprint density at radius 3 is 2.38 bits per heavy atom. The SMILES string of the molecule is COc1ccc(OC)c2c1CNC[C@H]2N1CCN(C)CC1. The number of ether oxygens (including phenoxy) is 2. The standard InChI is InChI=1S/C16H25N3O2/c1-18-6-8-19(9-7-18)13-11-17-10-12-14(20-2)4-5-15(21-3)16(12)13/h4-5,13,17H,6-11H2,1-3H3/t13-/m1/s1. The van der Waals surface area contributed by atoms with E-state index in [1.807, 2.05) is 12.1 Å². The van der Waals surface area contributed by atoms with Gasteiger partial charge in [-0.05, 0) is 19.2 Å². The van der Waals surface area contributed by atoms with E-state index >= 15 is 0 Å². The van der Waals surface area contributed by atoms with Gasteiger partial charge in [0, 0.05) is 50.4 Å². The molecule has 0 radical (unpaired) electrons. The molecule has 0 unspecified atom stereocenters. The maximum Gasteiger partial charge on any atom is 0.124 e. The molecular formula is C16H25N3O2. The first-order chi connectivity index (χ1) is 10.2. The van der Waals surface area contributed by atoms with Crippen LogP contribution in [0, 0.1) is 0 Å². The Balaban J connectivity index is 1.96. The van der Waals surface area contributed by atoms with Crippen LogP contribution in [-0.4, -0.2) is 63.8 Å². The van der Waals surface area contributed by atoms with E-state index in [0.29, 0.717) is 6.04 Å². The molecule has 3 rings (SSSR count). The highest BCUT2D eigenvalue weighted by molar-refractivity contribution is 5.51. The van der Waals surface area contributed by atoms with Crippen molar-refractivity contribution in [3.05, 3.63) is 23.3 Å². The minimum absolute atomic E-state index is 0.368. The zero-order valence-corrected chi connectivity index (χ0v) is 13.2. The Kier molecular flexibility index (Phi) is 4.33. The zero-order chi connectivity index (χ0) is 14.8.